The SMILES string of the molecule is Cc1cccc2c(C3CCNC3)nc(Br)nc12. The molecule has 2 aromatic rings. The average molecular weight is 292 g/mol. The molecular formula is C13H14BrN3. The molecule has 0 saturated carbocycles. The van der Waals surface area contributed by atoms with Crippen molar-refractivity contribution in [2.75, 3.05) is 13.1 Å². The van der Waals surface area contributed by atoms with Crippen LogP contribution < -0.4 is 5.32 Å². The van der Waals surface area contributed by atoms with Crippen LogP contribution in [-0.4, -0.2) is 23.1 Å². The summed E-state index contributed by atoms with van der Waals surface area (Å²) in [5.74, 6) is 0.513. The van der Waals surface area contributed by atoms with E-state index in [0.29, 0.717) is 10.7 Å². The molecule has 1 atom stereocenters. The van der Waals surface area contributed by atoms with Gasteiger partial charge in [0.15, 0.2) is 4.73 Å². The Hall–Kier alpha value is -1.000. The highest BCUT2D eigenvalue weighted by atomic mass is 79.9. The van der Waals surface area contributed by atoms with Gasteiger partial charge in [0.25, 0.3) is 0 Å². The topological polar surface area (TPSA) is 37.8 Å². The third-order valence-electron chi connectivity index (χ3n) is 3.38. The van der Waals surface area contributed by atoms with Crippen molar-refractivity contribution in [3.63, 3.8) is 0 Å². The van der Waals surface area contributed by atoms with Crippen LogP contribution in [0.2, 0.25) is 0 Å². The molecule has 1 aliphatic rings. The number of aryl methyl sites for hydroxylation is 1. The number of rotatable bonds is 1. The number of aromatic nitrogens is 2. The van der Waals surface area contributed by atoms with Crippen molar-refractivity contribution in [3.8, 4) is 0 Å². The monoisotopic (exact) mass is 291 g/mol. The first-order chi connectivity index (χ1) is 8.25. The van der Waals surface area contributed by atoms with E-state index in [4.69, 9.17) is 0 Å². The van der Waals surface area contributed by atoms with E-state index in [-0.39, 0.29) is 0 Å². The Morgan fingerprint density at radius 1 is 1.35 bits per heavy atom. The molecule has 1 unspecified atom stereocenters. The van der Waals surface area contributed by atoms with Gasteiger partial charge in [0.05, 0.1) is 11.2 Å². The summed E-state index contributed by atoms with van der Waals surface area (Å²) in [4.78, 5) is 9.08. The van der Waals surface area contributed by atoms with E-state index in [2.05, 4.69) is 56.3 Å². The average Bonchev–Trinajstić information content (AvgIpc) is 2.83. The zero-order valence-corrected chi connectivity index (χ0v) is 11.3. The van der Waals surface area contributed by atoms with Gasteiger partial charge >= 0.3 is 0 Å². The van der Waals surface area contributed by atoms with Crippen molar-refractivity contribution in [3.05, 3.63) is 34.2 Å². The molecule has 2 heterocycles. The number of benzene rings is 1. The molecule has 1 N–H and O–H groups in total. The van der Waals surface area contributed by atoms with Crippen LogP contribution in [0.4, 0.5) is 0 Å². The highest BCUT2D eigenvalue weighted by Gasteiger charge is 2.21. The first kappa shape index (κ1) is 11.1. The van der Waals surface area contributed by atoms with Crippen molar-refractivity contribution >= 4 is 26.8 Å². The molecule has 1 saturated heterocycles. The second-order valence-electron chi connectivity index (χ2n) is 4.54. The molecule has 1 fully saturated rings. The maximum absolute atomic E-state index is 4.59. The van der Waals surface area contributed by atoms with Crippen molar-refractivity contribution in [2.24, 2.45) is 0 Å². The predicted molar refractivity (Wildman–Crippen MR) is 72.2 cm³/mol. The van der Waals surface area contributed by atoms with Crippen molar-refractivity contribution < 1.29 is 0 Å². The third-order valence-corrected chi connectivity index (χ3v) is 3.73. The lowest BCUT2D eigenvalue weighted by molar-refractivity contribution is 0.736. The van der Waals surface area contributed by atoms with E-state index in [1.54, 1.807) is 0 Å². The highest BCUT2D eigenvalue weighted by molar-refractivity contribution is 9.10. The third kappa shape index (κ3) is 1.96. The Morgan fingerprint density at radius 2 is 2.24 bits per heavy atom. The zero-order valence-electron chi connectivity index (χ0n) is 9.70. The predicted octanol–water partition coefficient (Wildman–Crippen LogP) is 2.78. The highest BCUT2D eigenvalue weighted by Crippen LogP contribution is 2.29. The number of para-hydroxylation sites is 1. The standard InChI is InChI=1S/C13H14BrN3/c1-8-3-2-4-10-11(8)16-13(14)17-12(10)9-5-6-15-7-9/h2-4,9,15H,5-7H2,1H3. The normalized spacial score (nSPS) is 20.0. The lowest BCUT2D eigenvalue weighted by atomic mass is 9.99. The molecule has 0 radical (unpaired) electrons. The Labute approximate surface area is 109 Å². The molecule has 1 aromatic heterocycles. The lowest BCUT2D eigenvalue weighted by Crippen LogP contribution is -2.10. The summed E-state index contributed by atoms with van der Waals surface area (Å²) in [6.07, 6.45) is 1.16. The molecule has 0 amide bonds. The van der Waals surface area contributed by atoms with E-state index in [1.807, 2.05) is 0 Å². The Morgan fingerprint density at radius 3 is 3.00 bits per heavy atom. The molecule has 4 heteroatoms. The van der Waals surface area contributed by atoms with Crippen LogP contribution >= 0.6 is 15.9 Å². The molecule has 0 bridgehead atoms. The minimum absolute atomic E-state index is 0.513. The van der Waals surface area contributed by atoms with E-state index < -0.39 is 0 Å². The van der Waals surface area contributed by atoms with Gasteiger partial charge in [-0.25, -0.2) is 9.97 Å². The molecular weight excluding hydrogens is 278 g/mol. The maximum atomic E-state index is 4.59. The smallest absolute Gasteiger partial charge is 0.197 e. The first-order valence-corrected chi connectivity index (χ1v) is 6.68. The van der Waals surface area contributed by atoms with Crippen LogP contribution in [-0.2, 0) is 0 Å². The largest absolute Gasteiger partial charge is 0.316 e. The quantitative estimate of drug-likeness (QED) is 0.821. The van der Waals surface area contributed by atoms with Crippen LogP contribution in [0.15, 0.2) is 22.9 Å². The van der Waals surface area contributed by atoms with E-state index in [0.717, 1.165) is 25.0 Å². The zero-order chi connectivity index (χ0) is 11.8. The summed E-state index contributed by atoms with van der Waals surface area (Å²) in [6, 6.07) is 6.31. The summed E-state index contributed by atoms with van der Waals surface area (Å²) < 4.78 is 0.696. The maximum Gasteiger partial charge on any atom is 0.197 e. The van der Waals surface area contributed by atoms with Crippen molar-refractivity contribution in [1.82, 2.24) is 15.3 Å². The summed E-state index contributed by atoms with van der Waals surface area (Å²) in [5, 5.41) is 4.59. The van der Waals surface area contributed by atoms with Gasteiger partial charge in [0.1, 0.15) is 0 Å². The number of nitrogens with zero attached hydrogens (tertiary/aromatic N) is 2. The number of fused-ring (bicyclic) bond motifs is 1. The van der Waals surface area contributed by atoms with Gasteiger partial charge in [-0.05, 0) is 41.4 Å². The van der Waals surface area contributed by atoms with E-state index in [1.165, 1.54) is 16.6 Å². The Balaban J connectivity index is 2.25. The number of hydrogen-bond donors (Lipinski definition) is 1. The van der Waals surface area contributed by atoms with Crippen LogP contribution in [0.3, 0.4) is 0 Å². The first-order valence-electron chi connectivity index (χ1n) is 5.89. The van der Waals surface area contributed by atoms with Gasteiger partial charge in [0.2, 0.25) is 0 Å². The Bertz CT molecular complexity index is 562. The fraction of sp³-hybridized carbons (Fsp3) is 0.385. The second kappa shape index (κ2) is 4.35. The molecule has 1 aromatic carbocycles. The minimum Gasteiger partial charge on any atom is -0.316 e. The fourth-order valence-corrected chi connectivity index (χ4v) is 2.86. The summed E-state index contributed by atoms with van der Waals surface area (Å²) in [7, 11) is 0. The van der Waals surface area contributed by atoms with Gasteiger partial charge < -0.3 is 5.32 Å². The summed E-state index contributed by atoms with van der Waals surface area (Å²) in [6.45, 7) is 4.20. The molecule has 17 heavy (non-hydrogen) atoms. The Kier molecular flexibility index (Phi) is 2.84. The van der Waals surface area contributed by atoms with Gasteiger partial charge in [-0.3, -0.25) is 0 Å². The van der Waals surface area contributed by atoms with Gasteiger partial charge in [0, 0.05) is 17.8 Å². The van der Waals surface area contributed by atoms with Gasteiger partial charge in [-0.1, -0.05) is 18.2 Å². The minimum atomic E-state index is 0.513. The molecule has 3 nitrogen and oxygen atoms in total. The van der Waals surface area contributed by atoms with Crippen molar-refractivity contribution in [1.29, 1.82) is 0 Å². The second-order valence-corrected chi connectivity index (χ2v) is 5.25. The molecule has 0 aliphatic carbocycles. The van der Waals surface area contributed by atoms with Crippen LogP contribution in [0.25, 0.3) is 10.9 Å². The van der Waals surface area contributed by atoms with Gasteiger partial charge in [-0.15, -0.1) is 0 Å². The van der Waals surface area contributed by atoms with E-state index >= 15 is 0 Å². The fourth-order valence-electron chi connectivity index (χ4n) is 2.49. The summed E-state index contributed by atoms with van der Waals surface area (Å²) >= 11 is 3.42. The van der Waals surface area contributed by atoms with Crippen LogP contribution in [0.1, 0.15) is 23.6 Å². The number of nitrogens with one attached hydrogen (secondary N) is 1. The van der Waals surface area contributed by atoms with Crippen LogP contribution in [0.5, 0.6) is 0 Å². The van der Waals surface area contributed by atoms with Crippen molar-refractivity contribution in [2.45, 2.75) is 19.3 Å². The molecule has 0 spiro atoms. The molecule has 3 rings (SSSR count). The number of hydrogen-bond acceptors (Lipinski definition) is 3. The van der Waals surface area contributed by atoms with Gasteiger partial charge in [-0.2, -0.15) is 0 Å². The summed E-state index contributed by atoms with van der Waals surface area (Å²) in [5.41, 5.74) is 3.45. The van der Waals surface area contributed by atoms with Crippen LogP contribution in [0, 0.1) is 6.92 Å². The van der Waals surface area contributed by atoms with E-state index in [9.17, 15) is 0 Å². The molecule has 88 valence electrons. The number of halogens is 1. The lowest BCUT2D eigenvalue weighted by Gasteiger charge is -2.12. The molecule has 1 aliphatic heterocycles.